The maximum absolute atomic E-state index is 6.37. The Bertz CT molecular complexity index is 1010. The molecule has 0 amide bonds. The van der Waals surface area contributed by atoms with Gasteiger partial charge in [-0.05, 0) is 30.9 Å². The number of anilines is 1. The quantitative estimate of drug-likeness (QED) is 0.565. The van der Waals surface area contributed by atoms with Crippen LogP contribution < -0.4 is 5.73 Å². The minimum Gasteiger partial charge on any atom is -0.383 e. The van der Waals surface area contributed by atoms with Gasteiger partial charge in [0.1, 0.15) is 17.2 Å². The second-order valence-corrected chi connectivity index (χ2v) is 5.76. The van der Waals surface area contributed by atoms with Crippen molar-refractivity contribution in [1.29, 1.82) is 0 Å². The molecule has 3 heteroatoms. The summed E-state index contributed by atoms with van der Waals surface area (Å²) in [5, 5.41) is 2.29. The fourth-order valence-corrected chi connectivity index (χ4v) is 3.06. The number of imidazole rings is 1. The van der Waals surface area contributed by atoms with Gasteiger partial charge in [0.2, 0.25) is 0 Å². The van der Waals surface area contributed by atoms with Gasteiger partial charge in [0.15, 0.2) is 0 Å². The molecule has 0 fully saturated rings. The largest absolute Gasteiger partial charge is 0.383 e. The molecule has 0 aliphatic heterocycles. The Balaban J connectivity index is 2.07. The standard InChI is InChI=1S/C19H17N3/c1-12-7-8-15(13(2)11-12)17-18(20)22-10-9-14-5-3-4-6-16(14)19(22)21-17/h3-11H,20H2,1-2H3. The Hall–Kier alpha value is -2.81. The molecule has 2 aromatic carbocycles. The molecular formula is C19H17N3. The van der Waals surface area contributed by atoms with E-state index in [1.54, 1.807) is 0 Å². The summed E-state index contributed by atoms with van der Waals surface area (Å²) in [7, 11) is 0. The van der Waals surface area contributed by atoms with Crippen LogP contribution in [0, 0.1) is 13.8 Å². The predicted molar refractivity (Wildman–Crippen MR) is 92.0 cm³/mol. The van der Waals surface area contributed by atoms with E-state index in [4.69, 9.17) is 10.7 Å². The number of nitrogens with zero attached hydrogens (tertiary/aromatic N) is 2. The number of hydrogen-bond donors (Lipinski definition) is 1. The highest BCUT2D eigenvalue weighted by atomic mass is 15.1. The van der Waals surface area contributed by atoms with E-state index in [1.807, 2.05) is 22.7 Å². The number of nitrogens with two attached hydrogens (primary N) is 1. The van der Waals surface area contributed by atoms with Crippen LogP contribution in [-0.2, 0) is 0 Å². The van der Waals surface area contributed by atoms with Crippen LogP contribution >= 0.6 is 0 Å². The van der Waals surface area contributed by atoms with E-state index in [0.29, 0.717) is 5.82 Å². The number of rotatable bonds is 1. The summed E-state index contributed by atoms with van der Waals surface area (Å²) in [5.41, 5.74) is 11.7. The highest BCUT2D eigenvalue weighted by Gasteiger charge is 2.14. The highest BCUT2D eigenvalue weighted by Crippen LogP contribution is 2.31. The third kappa shape index (κ3) is 1.79. The number of nitrogen functional groups attached to an aromatic ring is 1. The minimum atomic E-state index is 0.688. The number of fused-ring (bicyclic) bond motifs is 3. The molecule has 0 saturated carbocycles. The van der Waals surface area contributed by atoms with Gasteiger partial charge >= 0.3 is 0 Å². The maximum atomic E-state index is 6.37. The molecule has 0 saturated heterocycles. The topological polar surface area (TPSA) is 43.3 Å². The molecule has 2 aromatic heterocycles. The Kier molecular flexibility index (Phi) is 2.70. The molecule has 0 radical (unpaired) electrons. The van der Waals surface area contributed by atoms with Gasteiger partial charge in [0.25, 0.3) is 0 Å². The lowest BCUT2D eigenvalue weighted by molar-refractivity contribution is 1.21. The van der Waals surface area contributed by atoms with E-state index in [-0.39, 0.29) is 0 Å². The van der Waals surface area contributed by atoms with Crippen molar-refractivity contribution >= 4 is 22.2 Å². The van der Waals surface area contributed by atoms with Crippen molar-refractivity contribution in [2.75, 3.05) is 5.73 Å². The molecule has 0 aliphatic rings. The summed E-state index contributed by atoms with van der Waals surface area (Å²) >= 11 is 0. The lowest BCUT2D eigenvalue weighted by Gasteiger charge is -2.05. The predicted octanol–water partition coefficient (Wildman–Crippen LogP) is 4.35. The van der Waals surface area contributed by atoms with Crippen molar-refractivity contribution in [3.05, 3.63) is 65.9 Å². The van der Waals surface area contributed by atoms with Crippen molar-refractivity contribution < 1.29 is 0 Å². The lowest BCUT2D eigenvalue weighted by Crippen LogP contribution is -1.95. The first kappa shape index (κ1) is 12.9. The second kappa shape index (κ2) is 4.60. The molecule has 0 unspecified atom stereocenters. The van der Waals surface area contributed by atoms with Gasteiger partial charge < -0.3 is 5.73 Å². The van der Waals surface area contributed by atoms with E-state index in [0.717, 1.165) is 22.3 Å². The molecule has 108 valence electrons. The summed E-state index contributed by atoms with van der Waals surface area (Å²) in [5.74, 6) is 0.688. The Morgan fingerprint density at radius 1 is 1.00 bits per heavy atom. The Labute approximate surface area is 129 Å². The van der Waals surface area contributed by atoms with Crippen LogP contribution in [0.15, 0.2) is 54.7 Å². The van der Waals surface area contributed by atoms with Crippen molar-refractivity contribution in [3.63, 3.8) is 0 Å². The van der Waals surface area contributed by atoms with Gasteiger partial charge in [-0.1, -0.05) is 48.0 Å². The normalized spacial score (nSPS) is 11.4. The van der Waals surface area contributed by atoms with E-state index >= 15 is 0 Å². The summed E-state index contributed by atoms with van der Waals surface area (Å²) in [6.07, 6.45) is 1.99. The molecule has 0 atom stereocenters. The SMILES string of the molecule is Cc1ccc(-c2nc3c4ccccc4ccn3c2N)c(C)c1. The smallest absolute Gasteiger partial charge is 0.147 e. The van der Waals surface area contributed by atoms with E-state index in [9.17, 15) is 0 Å². The van der Waals surface area contributed by atoms with Gasteiger partial charge in [0, 0.05) is 17.1 Å². The third-order valence-corrected chi connectivity index (χ3v) is 4.19. The first-order chi connectivity index (χ1) is 10.6. The van der Waals surface area contributed by atoms with Crippen LogP contribution in [0.2, 0.25) is 0 Å². The first-order valence-corrected chi connectivity index (χ1v) is 7.38. The number of benzene rings is 2. The van der Waals surface area contributed by atoms with Crippen molar-refractivity contribution in [3.8, 4) is 11.3 Å². The molecule has 3 nitrogen and oxygen atoms in total. The van der Waals surface area contributed by atoms with Crippen LogP contribution in [0.3, 0.4) is 0 Å². The second-order valence-electron chi connectivity index (χ2n) is 5.76. The van der Waals surface area contributed by atoms with Gasteiger partial charge in [-0.2, -0.15) is 0 Å². The molecule has 4 rings (SSSR count). The lowest BCUT2D eigenvalue weighted by atomic mass is 10.0. The summed E-state index contributed by atoms with van der Waals surface area (Å²) in [6.45, 7) is 4.20. The zero-order chi connectivity index (χ0) is 15.3. The average Bonchev–Trinajstić information content (AvgIpc) is 2.85. The number of hydrogen-bond acceptors (Lipinski definition) is 2. The zero-order valence-corrected chi connectivity index (χ0v) is 12.7. The van der Waals surface area contributed by atoms with Crippen LogP contribution in [-0.4, -0.2) is 9.38 Å². The number of aromatic nitrogens is 2. The fraction of sp³-hybridized carbons (Fsp3) is 0.105. The maximum Gasteiger partial charge on any atom is 0.147 e. The number of aryl methyl sites for hydroxylation is 2. The van der Waals surface area contributed by atoms with Gasteiger partial charge in [-0.25, -0.2) is 4.98 Å². The molecule has 4 aromatic rings. The monoisotopic (exact) mass is 287 g/mol. The summed E-state index contributed by atoms with van der Waals surface area (Å²) in [6, 6.07) is 16.7. The molecule has 2 heterocycles. The van der Waals surface area contributed by atoms with Crippen LogP contribution in [0.1, 0.15) is 11.1 Å². The molecule has 22 heavy (non-hydrogen) atoms. The highest BCUT2D eigenvalue weighted by molar-refractivity contribution is 5.96. The number of pyridine rings is 1. The summed E-state index contributed by atoms with van der Waals surface area (Å²) in [4.78, 5) is 4.84. The van der Waals surface area contributed by atoms with Gasteiger partial charge in [-0.3, -0.25) is 4.40 Å². The molecule has 0 spiro atoms. The van der Waals surface area contributed by atoms with Crippen LogP contribution in [0.25, 0.3) is 27.7 Å². The minimum absolute atomic E-state index is 0.688. The third-order valence-electron chi connectivity index (χ3n) is 4.19. The summed E-state index contributed by atoms with van der Waals surface area (Å²) < 4.78 is 1.97. The first-order valence-electron chi connectivity index (χ1n) is 7.38. The van der Waals surface area contributed by atoms with Crippen LogP contribution in [0.4, 0.5) is 5.82 Å². The van der Waals surface area contributed by atoms with E-state index in [2.05, 4.69) is 50.2 Å². The zero-order valence-electron chi connectivity index (χ0n) is 12.7. The average molecular weight is 287 g/mol. The Morgan fingerprint density at radius 3 is 2.64 bits per heavy atom. The van der Waals surface area contributed by atoms with Crippen LogP contribution in [0.5, 0.6) is 0 Å². The van der Waals surface area contributed by atoms with Crippen molar-refractivity contribution in [1.82, 2.24) is 9.38 Å². The van der Waals surface area contributed by atoms with Gasteiger partial charge in [-0.15, -0.1) is 0 Å². The van der Waals surface area contributed by atoms with E-state index in [1.165, 1.54) is 16.5 Å². The molecular weight excluding hydrogens is 270 g/mol. The van der Waals surface area contributed by atoms with Crippen molar-refractivity contribution in [2.45, 2.75) is 13.8 Å². The van der Waals surface area contributed by atoms with E-state index < -0.39 is 0 Å². The molecule has 0 aliphatic carbocycles. The Morgan fingerprint density at radius 2 is 1.82 bits per heavy atom. The van der Waals surface area contributed by atoms with Gasteiger partial charge in [0.05, 0.1) is 0 Å². The molecule has 2 N–H and O–H groups in total. The molecule has 0 bridgehead atoms. The van der Waals surface area contributed by atoms with Crippen molar-refractivity contribution in [2.24, 2.45) is 0 Å². The fourth-order valence-electron chi connectivity index (χ4n) is 3.06.